The number of phenols is 1. The summed E-state index contributed by atoms with van der Waals surface area (Å²) in [4.78, 5) is 42.8. The maximum absolute atomic E-state index is 12.5. The van der Waals surface area contributed by atoms with Crippen molar-refractivity contribution in [1.82, 2.24) is 9.88 Å². The number of benzene rings is 1. The highest BCUT2D eigenvalue weighted by Gasteiger charge is 2.47. The van der Waals surface area contributed by atoms with Crippen molar-refractivity contribution in [3.8, 4) is 17.0 Å². The van der Waals surface area contributed by atoms with Crippen molar-refractivity contribution in [1.29, 1.82) is 0 Å². The molecule has 3 amide bonds. The van der Waals surface area contributed by atoms with Crippen molar-refractivity contribution in [2.75, 3.05) is 11.9 Å². The number of hydrogen-bond acceptors (Lipinski definition) is 6. The summed E-state index contributed by atoms with van der Waals surface area (Å²) >= 11 is 1.30. The fraction of sp³-hybridized carbons (Fsp3) is 0.400. The Balaban J connectivity index is 1.33. The smallest absolute Gasteiger partial charge is 0.233 e. The van der Waals surface area contributed by atoms with E-state index in [1.807, 2.05) is 5.38 Å². The Bertz CT molecular complexity index is 884. The third-order valence-electron chi connectivity index (χ3n) is 5.41. The number of rotatable bonds is 5. The molecule has 2 fully saturated rings. The molecule has 2 atom stereocenters. The fourth-order valence-electron chi connectivity index (χ4n) is 3.94. The Morgan fingerprint density at radius 1 is 1.14 bits per heavy atom. The van der Waals surface area contributed by atoms with E-state index in [4.69, 9.17) is 0 Å². The first kappa shape index (κ1) is 18.6. The number of fused-ring (bicyclic) bond motifs is 1. The summed E-state index contributed by atoms with van der Waals surface area (Å²) in [5.41, 5.74) is 1.54. The highest BCUT2D eigenvalue weighted by atomic mass is 32.1. The predicted octanol–water partition coefficient (Wildman–Crippen LogP) is 3.02. The highest BCUT2D eigenvalue weighted by molar-refractivity contribution is 7.14. The molecule has 28 heavy (non-hydrogen) atoms. The van der Waals surface area contributed by atoms with Gasteiger partial charge in [-0.2, -0.15) is 0 Å². The van der Waals surface area contributed by atoms with Gasteiger partial charge in [0.15, 0.2) is 5.13 Å². The molecule has 8 heteroatoms. The molecule has 1 saturated carbocycles. The standard InChI is InChI=1S/C20H21N3O4S/c24-13-7-5-12(6-8-13)16-11-28-20(21-16)22-17(25)9-10-23-18(26)14-3-1-2-4-15(14)19(23)27/h5-8,11,14-15,24H,1-4,9-10H2,(H,21,22,25)/t14-,15-/m0/s1. The van der Waals surface area contributed by atoms with Crippen LogP contribution in [-0.2, 0) is 14.4 Å². The van der Waals surface area contributed by atoms with E-state index < -0.39 is 0 Å². The van der Waals surface area contributed by atoms with Crippen LogP contribution < -0.4 is 5.32 Å². The second-order valence-corrected chi connectivity index (χ2v) is 8.07. The monoisotopic (exact) mass is 399 g/mol. The van der Waals surface area contributed by atoms with Crippen molar-refractivity contribution in [3.63, 3.8) is 0 Å². The average Bonchev–Trinajstić information content (AvgIpc) is 3.25. The third kappa shape index (κ3) is 3.64. The number of anilines is 1. The number of hydrogen-bond donors (Lipinski definition) is 2. The van der Waals surface area contributed by atoms with E-state index >= 15 is 0 Å². The molecule has 7 nitrogen and oxygen atoms in total. The van der Waals surface area contributed by atoms with E-state index in [1.54, 1.807) is 24.3 Å². The molecule has 1 aliphatic carbocycles. The lowest BCUT2D eigenvalue weighted by Gasteiger charge is -2.19. The van der Waals surface area contributed by atoms with Crippen LogP contribution in [0.2, 0.25) is 0 Å². The van der Waals surface area contributed by atoms with Gasteiger partial charge in [0.2, 0.25) is 17.7 Å². The molecule has 0 unspecified atom stereocenters. The van der Waals surface area contributed by atoms with Crippen LogP contribution >= 0.6 is 11.3 Å². The fourth-order valence-corrected chi connectivity index (χ4v) is 4.68. The maximum Gasteiger partial charge on any atom is 0.233 e. The van der Waals surface area contributed by atoms with Gasteiger partial charge in [0.05, 0.1) is 17.5 Å². The minimum atomic E-state index is -0.276. The first-order valence-electron chi connectivity index (χ1n) is 9.43. The zero-order chi connectivity index (χ0) is 19.7. The molecule has 2 heterocycles. The summed E-state index contributed by atoms with van der Waals surface area (Å²) in [5.74, 6) is -0.703. The van der Waals surface area contributed by atoms with Gasteiger partial charge in [-0.25, -0.2) is 4.98 Å². The van der Waals surface area contributed by atoms with Gasteiger partial charge in [0.25, 0.3) is 0 Å². The summed E-state index contributed by atoms with van der Waals surface area (Å²) in [5, 5.41) is 14.4. The van der Waals surface area contributed by atoms with Crippen LogP contribution in [-0.4, -0.2) is 39.3 Å². The summed E-state index contributed by atoms with van der Waals surface area (Å²) in [6.07, 6.45) is 3.59. The number of aromatic hydroxyl groups is 1. The number of likely N-dealkylation sites (tertiary alicyclic amines) is 1. The molecule has 2 N–H and O–H groups in total. The molecule has 0 radical (unpaired) electrons. The van der Waals surface area contributed by atoms with Crippen molar-refractivity contribution in [2.24, 2.45) is 11.8 Å². The number of amides is 3. The third-order valence-corrected chi connectivity index (χ3v) is 6.17. The van der Waals surface area contributed by atoms with Gasteiger partial charge in [-0.1, -0.05) is 12.8 Å². The van der Waals surface area contributed by atoms with E-state index in [-0.39, 0.29) is 48.3 Å². The Kier molecular flexibility index (Phi) is 5.13. The molecular weight excluding hydrogens is 378 g/mol. The number of nitrogens with one attached hydrogen (secondary N) is 1. The number of phenolic OH excluding ortho intramolecular Hbond substituents is 1. The van der Waals surface area contributed by atoms with Crippen LogP contribution in [0.25, 0.3) is 11.3 Å². The lowest BCUT2D eigenvalue weighted by Crippen LogP contribution is -2.34. The molecule has 1 aliphatic heterocycles. The number of carbonyl (C=O) groups excluding carboxylic acids is 3. The molecule has 0 spiro atoms. The second-order valence-electron chi connectivity index (χ2n) is 7.21. The minimum absolute atomic E-state index is 0.0606. The summed E-state index contributed by atoms with van der Waals surface area (Å²) in [6, 6.07) is 6.66. The van der Waals surface area contributed by atoms with Crippen LogP contribution in [0, 0.1) is 11.8 Å². The number of aromatic nitrogens is 1. The Morgan fingerprint density at radius 3 is 2.43 bits per heavy atom. The Labute approximate surface area is 166 Å². The van der Waals surface area contributed by atoms with Gasteiger partial charge in [0.1, 0.15) is 5.75 Å². The predicted molar refractivity (Wildman–Crippen MR) is 105 cm³/mol. The average molecular weight is 399 g/mol. The summed E-state index contributed by atoms with van der Waals surface area (Å²) < 4.78 is 0. The molecule has 2 aliphatic rings. The van der Waals surface area contributed by atoms with E-state index in [1.165, 1.54) is 16.2 Å². The van der Waals surface area contributed by atoms with Crippen LogP contribution in [0.15, 0.2) is 29.6 Å². The first-order valence-corrected chi connectivity index (χ1v) is 10.3. The van der Waals surface area contributed by atoms with Crippen LogP contribution in [0.3, 0.4) is 0 Å². The maximum atomic E-state index is 12.5. The van der Waals surface area contributed by atoms with Crippen LogP contribution in [0.1, 0.15) is 32.1 Å². The van der Waals surface area contributed by atoms with Gasteiger partial charge < -0.3 is 10.4 Å². The van der Waals surface area contributed by atoms with Gasteiger partial charge in [0, 0.05) is 23.9 Å². The van der Waals surface area contributed by atoms with E-state index in [0.717, 1.165) is 31.2 Å². The van der Waals surface area contributed by atoms with Gasteiger partial charge in [-0.15, -0.1) is 11.3 Å². The van der Waals surface area contributed by atoms with Crippen molar-refractivity contribution in [3.05, 3.63) is 29.6 Å². The molecule has 146 valence electrons. The molecule has 2 aromatic rings. The normalized spacial score (nSPS) is 21.6. The molecule has 1 aromatic carbocycles. The highest BCUT2D eigenvalue weighted by Crippen LogP contribution is 2.38. The van der Waals surface area contributed by atoms with Crippen molar-refractivity contribution >= 4 is 34.2 Å². The molecule has 1 aromatic heterocycles. The van der Waals surface area contributed by atoms with Crippen LogP contribution in [0.5, 0.6) is 5.75 Å². The van der Waals surface area contributed by atoms with E-state index in [9.17, 15) is 19.5 Å². The molecule has 0 bridgehead atoms. The second kappa shape index (κ2) is 7.71. The van der Waals surface area contributed by atoms with E-state index in [2.05, 4.69) is 10.3 Å². The first-order chi connectivity index (χ1) is 13.5. The number of thiazole rings is 1. The zero-order valence-corrected chi connectivity index (χ0v) is 16.1. The zero-order valence-electron chi connectivity index (χ0n) is 15.3. The SMILES string of the molecule is O=C(CCN1C(=O)[C@H]2CCCC[C@@H]2C1=O)Nc1nc(-c2ccc(O)cc2)cs1. The number of nitrogens with zero attached hydrogens (tertiary/aromatic N) is 2. The summed E-state index contributed by atoms with van der Waals surface area (Å²) in [7, 11) is 0. The number of imide groups is 1. The molecule has 1 saturated heterocycles. The lowest BCUT2D eigenvalue weighted by atomic mass is 9.81. The largest absolute Gasteiger partial charge is 0.508 e. The van der Waals surface area contributed by atoms with Crippen molar-refractivity contribution in [2.45, 2.75) is 32.1 Å². The topological polar surface area (TPSA) is 99.6 Å². The van der Waals surface area contributed by atoms with Gasteiger partial charge >= 0.3 is 0 Å². The van der Waals surface area contributed by atoms with E-state index in [0.29, 0.717) is 10.8 Å². The lowest BCUT2D eigenvalue weighted by molar-refractivity contribution is -0.140. The molecule has 4 rings (SSSR count). The molecular formula is C20H21N3O4S. The number of carbonyl (C=O) groups is 3. The van der Waals surface area contributed by atoms with Gasteiger partial charge in [-0.05, 0) is 37.1 Å². The minimum Gasteiger partial charge on any atom is -0.508 e. The Hall–Kier alpha value is -2.74. The quantitative estimate of drug-likeness (QED) is 0.753. The van der Waals surface area contributed by atoms with Crippen LogP contribution in [0.4, 0.5) is 5.13 Å². The van der Waals surface area contributed by atoms with Crippen molar-refractivity contribution < 1.29 is 19.5 Å². The Morgan fingerprint density at radius 2 is 1.79 bits per heavy atom. The van der Waals surface area contributed by atoms with Gasteiger partial charge in [-0.3, -0.25) is 19.3 Å². The summed E-state index contributed by atoms with van der Waals surface area (Å²) in [6.45, 7) is 0.118.